The number of amides is 1. The van der Waals surface area contributed by atoms with E-state index in [-0.39, 0.29) is 5.91 Å². The van der Waals surface area contributed by atoms with Gasteiger partial charge in [-0.1, -0.05) is 48.5 Å². The molecule has 0 saturated heterocycles. The van der Waals surface area contributed by atoms with E-state index in [1.54, 1.807) is 10.9 Å². The fourth-order valence-corrected chi connectivity index (χ4v) is 4.97. The molecule has 168 valence electrons. The number of hydrogen-bond acceptors (Lipinski definition) is 6. The second-order valence-corrected chi connectivity index (χ2v) is 8.88. The lowest BCUT2D eigenvalue weighted by Crippen LogP contribution is -2.17. The average molecular weight is 467 g/mol. The maximum atomic E-state index is 12.9. The van der Waals surface area contributed by atoms with Crippen molar-refractivity contribution in [2.45, 2.75) is 13.8 Å². The molecule has 5 aromatic rings. The number of carbonyl (C=O) groups is 1. The number of nitrogens with two attached hydrogens (primary N) is 1. The Labute approximate surface area is 200 Å². The van der Waals surface area contributed by atoms with E-state index in [4.69, 9.17) is 10.8 Å². The van der Waals surface area contributed by atoms with Crippen molar-refractivity contribution < 1.29 is 4.79 Å². The summed E-state index contributed by atoms with van der Waals surface area (Å²) in [6.45, 7) is 3.89. The van der Waals surface area contributed by atoms with Gasteiger partial charge in [-0.2, -0.15) is 10.2 Å². The standard InChI is InChI=1S/C26H22N6OS/c1-16-13-17(2)29-26-21(16)22(27)24(34-26)25(33)30-28-14-19-15-32(20-11-7-4-8-12-20)31-23(19)18-9-5-3-6-10-18/h3-15H,27H2,1-2H3,(H,30,33)/b28-14+. The van der Waals surface area contributed by atoms with Gasteiger partial charge in [0.2, 0.25) is 0 Å². The number of hydrogen-bond donors (Lipinski definition) is 2. The largest absolute Gasteiger partial charge is 0.397 e. The fourth-order valence-electron chi connectivity index (χ4n) is 3.86. The van der Waals surface area contributed by atoms with Gasteiger partial charge in [0.1, 0.15) is 15.4 Å². The van der Waals surface area contributed by atoms with Crippen LogP contribution in [0.5, 0.6) is 0 Å². The van der Waals surface area contributed by atoms with Crippen molar-refractivity contribution in [1.82, 2.24) is 20.2 Å². The zero-order valence-corrected chi connectivity index (χ0v) is 19.5. The molecule has 0 spiro atoms. The summed E-state index contributed by atoms with van der Waals surface area (Å²) in [6, 6.07) is 21.6. The van der Waals surface area contributed by atoms with Crippen LogP contribution in [0.15, 0.2) is 78.0 Å². The SMILES string of the molecule is Cc1cc(C)c2c(N)c(C(=O)N/N=C/c3cn(-c4ccccc4)nc3-c3ccccc3)sc2n1. The van der Waals surface area contributed by atoms with Crippen LogP contribution < -0.4 is 11.2 Å². The molecule has 5 rings (SSSR count). The van der Waals surface area contributed by atoms with E-state index >= 15 is 0 Å². The first kappa shape index (κ1) is 21.5. The normalized spacial score (nSPS) is 11.4. The van der Waals surface area contributed by atoms with Gasteiger partial charge < -0.3 is 5.73 Å². The molecule has 0 atom stereocenters. The van der Waals surface area contributed by atoms with Gasteiger partial charge in [0.05, 0.1) is 17.6 Å². The van der Waals surface area contributed by atoms with Crippen molar-refractivity contribution in [1.29, 1.82) is 0 Å². The summed E-state index contributed by atoms with van der Waals surface area (Å²) in [5.74, 6) is -0.370. The molecule has 34 heavy (non-hydrogen) atoms. The van der Waals surface area contributed by atoms with Crippen LogP contribution in [0.3, 0.4) is 0 Å². The van der Waals surface area contributed by atoms with E-state index in [0.717, 1.165) is 44.0 Å². The number of para-hydroxylation sites is 1. The number of nitrogen functional groups attached to an aromatic ring is 1. The Balaban J connectivity index is 1.45. The predicted molar refractivity (Wildman–Crippen MR) is 138 cm³/mol. The molecular weight excluding hydrogens is 444 g/mol. The average Bonchev–Trinajstić information content (AvgIpc) is 3.41. The first-order valence-electron chi connectivity index (χ1n) is 10.7. The summed E-state index contributed by atoms with van der Waals surface area (Å²) in [5.41, 5.74) is 14.6. The molecule has 7 nitrogen and oxygen atoms in total. The number of carbonyl (C=O) groups excluding carboxylic acids is 1. The van der Waals surface area contributed by atoms with Crippen LogP contribution in [0, 0.1) is 13.8 Å². The van der Waals surface area contributed by atoms with Gasteiger partial charge in [-0.05, 0) is 37.6 Å². The summed E-state index contributed by atoms with van der Waals surface area (Å²) in [5, 5.41) is 9.79. The molecule has 0 aliphatic heterocycles. The zero-order valence-electron chi connectivity index (χ0n) is 18.7. The van der Waals surface area contributed by atoms with E-state index in [9.17, 15) is 4.79 Å². The van der Waals surface area contributed by atoms with E-state index in [2.05, 4.69) is 15.5 Å². The predicted octanol–water partition coefficient (Wildman–Crippen LogP) is 5.11. The van der Waals surface area contributed by atoms with E-state index in [0.29, 0.717) is 10.6 Å². The Bertz CT molecular complexity index is 1520. The number of benzene rings is 2. The number of hydrazone groups is 1. The summed E-state index contributed by atoms with van der Waals surface area (Å²) >= 11 is 1.27. The second kappa shape index (κ2) is 8.92. The fraction of sp³-hybridized carbons (Fsp3) is 0.0769. The minimum absolute atomic E-state index is 0.370. The highest BCUT2D eigenvalue weighted by Crippen LogP contribution is 2.34. The lowest BCUT2D eigenvalue weighted by molar-refractivity contribution is 0.0960. The van der Waals surface area contributed by atoms with Gasteiger partial charge in [0.15, 0.2) is 0 Å². The first-order chi connectivity index (χ1) is 16.5. The summed E-state index contributed by atoms with van der Waals surface area (Å²) < 4.78 is 1.80. The van der Waals surface area contributed by atoms with E-state index < -0.39 is 0 Å². The molecule has 0 aliphatic rings. The van der Waals surface area contributed by atoms with Crippen LogP contribution >= 0.6 is 11.3 Å². The molecule has 0 aliphatic carbocycles. The highest BCUT2D eigenvalue weighted by atomic mass is 32.1. The molecule has 2 aromatic carbocycles. The van der Waals surface area contributed by atoms with Crippen molar-refractivity contribution in [3.63, 3.8) is 0 Å². The van der Waals surface area contributed by atoms with Crippen LogP contribution in [0.2, 0.25) is 0 Å². The Morgan fingerprint density at radius 2 is 1.79 bits per heavy atom. The Kier molecular flexibility index (Phi) is 5.65. The molecule has 3 aromatic heterocycles. The molecule has 8 heteroatoms. The number of thiophene rings is 1. The second-order valence-electron chi connectivity index (χ2n) is 7.88. The van der Waals surface area contributed by atoms with Gasteiger partial charge >= 0.3 is 0 Å². The molecular formula is C26H22N6OS. The number of nitrogens with zero attached hydrogens (tertiary/aromatic N) is 4. The monoisotopic (exact) mass is 466 g/mol. The summed E-state index contributed by atoms with van der Waals surface area (Å²) in [4.78, 5) is 18.5. The summed E-state index contributed by atoms with van der Waals surface area (Å²) in [7, 11) is 0. The van der Waals surface area contributed by atoms with E-state index in [1.165, 1.54) is 11.3 Å². The van der Waals surface area contributed by atoms with Gasteiger partial charge in [-0.15, -0.1) is 11.3 Å². The molecule has 0 unspecified atom stereocenters. The minimum atomic E-state index is -0.370. The Morgan fingerprint density at radius 1 is 1.09 bits per heavy atom. The zero-order chi connectivity index (χ0) is 23.7. The minimum Gasteiger partial charge on any atom is -0.397 e. The van der Waals surface area contributed by atoms with Gasteiger partial charge in [-0.3, -0.25) is 4.79 Å². The number of fused-ring (bicyclic) bond motifs is 1. The van der Waals surface area contributed by atoms with Crippen molar-refractivity contribution >= 4 is 39.4 Å². The van der Waals surface area contributed by atoms with Gasteiger partial charge in [0.25, 0.3) is 5.91 Å². The molecule has 0 saturated carbocycles. The molecule has 1 amide bonds. The maximum Gasteiger partial charge on any atom is 0.283 e. The Hall–Kier alpha value is -4.30. The van der Waals surface area contributed by atoms with Crippen molar-refractivity contribution in [3.8, 4) is 16.9 Å². The third-order valence-electron chi connectivity index (χ3n) is 5.41. The van der Waals surface area contributed by atoms with E-state index in [1.807, 2.05) is 86.8 Å². The smallest absolute Gasteiger partial charge is 0.283 e. The molecule has 0 fully saturated rings. The Morgan fingerprint density at radius 3 is 2.53 bits per heavy atom. The van der Waals surface area contributed by atoms with Crippen molar-refractivity contribution in [2.24, 2.45) is 5.10 Å². The maximum absolute atomic E-state index is 12.9. The lowest BCUT2D eigenvalue weighted by Gasteiger charge is -2.01. The van der Waals surface area contributed by atoms with Gasteiger partial charge in [0, 0.05) is 28.4 Å². The quantitative estimate of drug-likeness (QED) is 0.278. The highest BCUT2D eigenvalue weighted by molar-refractivity contribution is 7.21. The number of aromatic nitrogens is 3. The molecule has 3 N–H and O–H groups in total. The number of anilines is 1. The number of pyridine rings is 1. The van der Waals surface area contributed by atoms with Crippen LogP contribution in [-0.2, 0) is 0 Å². The summed E-state index contributed by atoms with van der Waals surface area (Å²) in [6.07, 6.45) is 3.49. The van der Waals surface area contributed by atoms with Crippen LogP contribution in [0.4, 0.5) is 5.69 Å². The lowest BCUT2D eigenvalue weighted by atomic mass is 10.1. The van der Waals surface area contributed by atoms with Crippen LogP contribution in [-0.4, -0.2) is 26.9 Å². The van der Waals surface area contributed by atoms with Crippen molar-refractivity contribution in [2.75, 3.05) is 5.73 Å². The molecule has 0 radical (unpaired) electrons. The highest BCUT2D eigenvalue weighted by Gasteiger charge is 2.19. The van der Waals surface area contributed by atoms with Crippen LogP contribution in [0.25, 0.3) is 27.2 Å². The van der Waals surface area contributed by atoms with Crippen LogP contribution in [0.1, 0.15) is 26.5 Å². The number of aryl methyl sites for hydroxylation is 2. The third-order valence-corrected chi connectivity index (χ3v) is 6.51. The van der Waals surface area contributed by atoms with Gasteiger partial charge in [-0.25, -0.2) is 15.1 Å². The van der Waals surface area contributed by atoms with Crippen molar-refractivity contribution in [3.05, 3.63) is 94.6 Å². The number of rotatable bonds is 5. The topological polar surface area (TPSA) is 98.2 Å². The molecule has 3 heterocycles. The first-order valence-corrected chi connectivity index (χ1v) is 11.5. The number of nitrogens with one attached hydrogen (secondary N) is 1. The molecule has 0 bridgehead atoms. The third kappa shape index (κ3) is 4.06.